The van der Waals surface area contributed by atoms with Crippen LogP contribution in [0.25, 0.3) is 0 Å². The predicted octanol–water partition coefficient (Wildman–Crippen LogP) is 2.46. The first kappa shape index (κ1) is 23.7. The smallest absolute Gasteiger partial charge is 0.417 e. The molecule has 164 valence electrons. The Morgan fingerprint density at radius 1 is 0.903 bits per heavy atom. The second-order valence-corrected chi connectivity index (χ2v) is 6.66. The summed E-state index contributed by atoms with van der Waals surface area (Å²) >= 11 is 4.01. The third-order valence-corrected chi connectivity index (χ3v) is 4.34. The zero-order valence-corrected chi connectivity index (χ0v) is 17.4. The van der Waals surface area contributed by atoms with Crippen molar-refractivity contribution in [1.29, 1.82) is 0 Å². The van der Waals surface area contributed by atoms with E-state index < -0.39 is 36.6 Å². The summed E-state index contributed by atoms with van der Waals surface area (Å²) in [6.07, 6.45) is -2.06. The highest BCUT2D eigenvalue weighted by atomic mass is 32.1. The molecular formula is C21H22N2O7S. The van der Waals surface area contributed by atoms with Gasteiger partial charge < -0.3 is 19.9 Å². The van der Waals surface area contributed by atoms with Crippen molar-refractivity contribution in [2.24, 2.45) is 0 Å². The number of hydrogen-bond donors (Lipinski definition) is 3. The average Bonchev–Trinajstić information content (AvgIpc) is 2.79. The number of nitrogens with zero attached hydrogens (tertiary/aromatic N) is 1. The maximum absolute atomic E-state index is 12.7. The molecule has 0 unspecified atom stereocenters. The summed E-state index contributed by atoms with van der Waals surface area (Å²) in [5.74, 6) is -2.59. The number of carboxylic acids is 1. The first-order valence-corrected chi connectivity index (χ1v) is 9.86. The Kier molecular flexibility index (Phi) is 9.37. The summed E-state index contributed by atoms with van der Waals surface area (Å²) in [5, 5.41) is 11.4. The van der Waals surface area contributed by atoms with Gasteiger partial charge >= 0.3 is 18.2 Å². The average molecular weight is 446 g/mol. The molecule has 2 aromatic rings. The van der Waals surface area contributed by atoms with E-state index in [1.165, 1.54) is 0 Å². The predicted molar refractivity (Wildman–Crippen MR) is 113 cm³/mol. The fourth-order valence-corrected chi connectivity index (χ4v) is 2.69. The van der Waals surface area contributed by atoms with Crippen LogP contribution >= 0.6 is 12.6 Å². The summed E-state index contributed by atoms with van der Waals surface area (Å²) in [5.41, 5.74) is 1.40. The van der Waals surface area contributed by atoms with E-state index in [1.54, 1.807) is 54.6 Å². The molecule has 2 rings (SSSR count). The van der Waals surface area contributed by atoms with Crippen molar-refractivity contribution >= 4 is 36.7 Å². The van der Waals surface area contributed by atoms with Gasteiger partial charge in [-0.3, -0.25) is 9.59 Å². The molecule has 31 heavy (non-hydrogen) atoms. The quantitative estimate of drug-likeness (QED) is 0.506. The monoisotopic (exact) mass is 446 g/mol. The van der Waals surface area contributed by atoms with Gasteiger partial charge in [0.25, 0.3) is 5.91 Å². The Morgan fingerprint density at radius 2 is 1.42 bits per heavy atom. The lowest BCUT2D eigenvalue weighted by Crippen LogP contribution is -2.53. The van der Waals surface area contributed by atoms with Crippen LogP contribution in [0.2, 0.25) is 0 Å². The van der Waals surface area contributed by atoms with Crippen LogP contribution < -0.4 is 5.32 Å². The van der Waals surface area contributed by atoms with E-state index in [0.717, 1.165) is 5.56 Å². The maximum Gasteiger partial charge on any atom is 0.417 e. The van der Waals surface area contributed by atoms with E-state index in [2.05, 4.69) is 17.9 Å². The van der Waals surface area contributed by atoms with Gasteiger partial charge in [0.05, 0.1) is 0 Å². The number of carbonyl (C=O) groups is 4. The van der Waals surface area contributed by atoms with Crippen molar-refractivity contribution in [3.8, 4) is 0 Å². The molecule has 0 bridgehead atoms. The normalized spacial score (nSPS) is 11.1. The van der Waals surface area contributed by atoms with Gasteiger partial charge in [-0.1, -0.05) is 60.7 Å². The molecule has 0 spiro atoms. The molecule has 0 saturated heterocycles. The van der Waals surface area contributed by atoms with Gasteiger partial charge in [-0.15, -0.1) is 0 Å². The number of thiol groups is 1. The highest BCUT2D eigenvalue weighted by molar-refractivity contribution is 7.80. The van der Waals surface area contributed by atoms with Crippen LogP contribution in [-0.4, -0.2) is 52.4 Å². The van der Waals surface area contributed by atoms with Crippen molar-refractivity contribution in [3.63, 3.8) is 0 Å². The fraction of sp³-hybridized carbons (Fsp3) is 0.238. The molecule has 0 aliphatic heterocycles. The summed E-state index contributed by atoms with van der Waals surface area (Å²) in [4.78, 5) is 48.7. The Bertz CT molecular complexity index is 893. The van der Waals surface area contributed by atoms with Gasteiger partial charge in [-0.25, -0.2) is 14.5 Å². The number of carboxylic acid groups (broad SMARTS) is 1. The number of ether oxygens (including phenoxy) is 2. The fourth-order valence-electron chi connectivity index (χ4n) is 2.45. The van der Waals surface area contributed by atoms with Crippen LogP contribution in [-0.2, 0) is 32.3 Å². The Hall–Kier alpha value is -3.53. The number of nitrogens with one attached hydrogen (secondary N) is 1. The van der Waals surface area contributed by atoms with E-state index >= 15 is 0 Å². The van der Waals surface area contributed by atoms with Gasteiger partial charge in [0.1, 0.15) is 25.8 Å². The molecule has 0 aliphatic carbocycles. The number of alkyl carbamates (subject to hydrolysis) is 1. The van der Waals surface area contributed by atoms with Crippen molar-refractivity contribution < 1.29 is 33.8 Å². The van der Waals surface area contributed by atoms with E-state index in [0.29, 0.717) is 10.5 Å². The van der Waals surface area contributed by atoms with Crippen molar-refractivity contribution in [2.45, 2.75) is 19.3 Å². The van der Waals surface area contributed by atoms with Crippen molar-refractivity contribution in [2.75, 3.05) is 12.3 Å². The van der Waals surface area contributed by atoms with Gasteiger partial charge in [0.15, 0.2) is 0 Å². The van der Waals surface area contributed by atoms with Crippen LogP contribution in [0.4, 0.5) is 9.59 Å². The number of amides is 3. The molecule has 0 fully saturated rings. The third kappa shape index (κ3) is 8.01. The van der Waals surface area contributed by atoms with Gasteiger partial charge in [-0.05, 0) is 11.1 Å². The molecule has 0 aliphatic rings. The SMILES string of the molecule is O=C(O)CN(C(=O)OCc1ccccc1)C(=O)[C@H](CS)NC(=O)OCc1ccccc1. The maximum atomic E-state index is 12.7. The van der Waals surface area contributed by atoms with Crippen LogP contribution in [0.5, 0.6) is 0 Å². The number of carbonyl (C=O) groups excluding carboxylic acids is 3. The molecule has 1 atom stereocenters. The third-order valence-electron chi connectivity index (χ3n) is 3.97. The van der Waals surface area contributed by atoms with E-state index in [-0.39, 0.29) is 19.0 Å². The number of benzene rings is 2. The van der Waals surface area contributed by atoms with Crippen LogP contribution in [0, 0.1) is 0 Å². The molecule has 3 amide bonds. The molecule has 0 radical (unpaired) electrons. The van der Waals surface area contributed by atoms with Crippen LogP contribution in [0.1, 0.15) is 11.1 Å². The molecule has 9 nitrogen and oxygen atoms in total. The summed E-state index contributed by atoms with van der Waals surface area (Å²) in [6.45, 7) is -1.11. The van der Waals surface area contributed by atoms with Crippen molar-refractivity contribution in [3.05, 3.63) is 71.8 Å². The first-order valence-electron chi connectivity index (χ1n) is 9.22. The lowest BCUT2D eigenvalue weighted by atomic mass is 10.2. The lowest BCUT2D eigenvalue weighted by molar-refractivity contribution is -0.143. The molecule has 2 N–H and O–H groups in total. The minimum atomic E-state index is -1.42. The zero-order valence-electron chi connectivity index (χ0n) is 16.5. The van der Waals surface area contributed by atoms with Gasteiger partial charge in [0, 0.05) is 5.75 Å². The molecule has 10 heteroatoms. The molecule has 0 saturated carbocycles. The molecule has 2 aromatic carbocycles. The van der Waals surface area contributed by atoms with Crippen molar-refractivity contribution in [1.82, 2.24) is 10.2 Å². The minimum absolute atomic E-state index is 0.0297. The van der Waals surface area contributed by atoms with Crippen LogP contribution in [0.15, 0.2) is 60.7 Å². The molecule has 0 heterocycles. The lowest BCUT2D eigenvalue weighted by Gasteiger charge is -2.23. The second-order valence-electron chi connectivity index (χ2n) is 6.30. The summed E-state index contributed by atoms with van der Waals surface area (Å²) < 4.78 is 10.1. The zero-order chi connectivity index (χ0) is 22.6. The number of imide groups is 1. The number of aliphatic carboxylic acids is 1. The van der Waals surface area contributed by atoms with Crippen LogP contribution in [0.3, 0.4) is 0 Å². The highest BCUT2D eigenvalue weighted by Crippen LogP contribution is 2.07. The largest absolute Gasteiger partial charge is 0.480 e. The first-order chi connectivity index (χ1) is 14.9. The molecule has 0 aromatic heterocycles. The van der Waals surface area contributed by atoms with E-state index in [9.17, 15) is 19.2 Å². The van der Waals surface area contributed by atoms with Gasteiger partial charge in [0.2, 0.25) is 0 Å². The highest BCUT2D eigenvalue weighted by Gasteiger charge is 2.32. The molecular weight excluding hydrogens is 424 g/mol. The van der Waals surface area contributed by atoms with E-state index in [1.807, 2.05) is 6.07 Å². The number of rotatable bonds is 9. The minimum Gasteiger partial charge on any atom is -0.480 e. The topological polar surface area (TPSA) is 122 Å². The summed E-state index contributed by atoms with van der Waals surface area (Å²) in [7, 11) is 0. The Balaban J connectivity index is 1.98. The number of hydrogen-bond acceptors (Lipinski definition) is 7. The summed E-state index contributed by atoms with van der Waals surface area (Å²) in [6, 6.07) is 16.3. The second kappa shape index (κ2) is 12.2. The Labute approximate surface area is 184 Å². The standard InChI is InChI=1S/C21H22N2O7S/c24-18(25)11-23(21(28)30-13-16-9-5-2-6-10-16)19(26)17(14-31)22-20(27)29-12-15-7-3-1-4-8-15/h1-10,17,31H,11-14H2,(H,22,27)(H,24,25)/t17-/m0/s1. The van der Waals surface area contributed by atoms with E-state index in [4.69, 9.17) is 14.6 Å². The Morgan fingerprint density at radius 3 is 1.90 bits per heavy atom. The van der Waals surface area contributed by atoms with Gasteiger partial charge in [-0.2, -0.15) is 12.6 Å².